The van der Waals surface area contributed by atoms with Crippen molar-refractivity contribution in [1.82, 2.24) is 4.31 Å². The van der Waals surface area contributed by atoms with Crippen molar-refractivity contribution in [2.45, 2.75) is 26.2 Å². The van der Waals surface area contributed by atoms with Gasteiger partial charge >= 0.3 is 0 Å². The molecule has 0 aromatic heterocycles. The SMILES string of the molecule is CCCCCN(C)S(=O)O. The van der Waals surface area contributed by atoms with E-state index in [0.29, 0.717) is 6.54 Å². The van der Waals surface area contributed by atoms with E-state index in [2.05, 4.69) is 6.92 Å². The second kappa shape index (κ2) is 5.82. The minimum absolute atomic E-state index is 0.705. The Balaban J connectivity index is 3.21. The topological polar surface area (TPSA) is 40.5 Å². The molecule has 0 radical (unpaired) electrons. The molecule has 0 aromatic carbocycles. The van der Waals surface area contributed by atoms with E-state index in [-0.39, 0.29) is 0 Å². The lowest BCUT2D eigenvalue weighted by atomic mass is 10.2. The second-order valence-electron chi connectivity index (χ2n) is 2.29. The molecule has 0 aliphatic carbocycles. The van der Waals surface area contributed by atoms with Crippen molar-refractivity contribution >= 4 is 11.3 Å². The molecule has 4 heteroatoms. The molecule has 1 unspecified atom stereocenters. The zero-order valence-corrected chi connectivity index (χ0v) is 7.36. The average molecular weight is 165 g/mol. The summed E-state index contributed by atoms with van der Waals surface area (Å²) in [5.74, 6) is 0. The molecule has 0 spiro atoms. The second-order valence-corrected chi connectivity index (χ2v) is 3.37. The highest BCUT2D eigenvalue weighted by Gasteiger charge is 2.01. The van der Waals surface area contributed by atoms with Gasteiger partial charge in [0.1, 0.15) is 0 Å². The zero-order valence-electron chi connectivity index (χ0n) is 6.54. The van der Waals surface area contributed by atoms with Crippen LogP contribution in [0.5, 0.6) is 0 Å². The molecule has 0 saturated carbocycles. The summed E-state index contributed by atoms with van der Waals surface area (Å²) in [4.78, 5) is 0. The van der Waals surface area contributed by atoms with Crippen LogP contribution in [-0.2, 0) is 11.3 Å². The Hall–Kier alpha value is 0.0700. The third-order valence-corrected chi connectivity index (χ3v) is 2.06. The highest BCUT2D eigenvalue weighted by molar-refractivity contribution is 7.76. The summed E-state index contributed by atoms with van der Waals surface area (Å²) in [6, 6.07) is 0. The first kappa shape index (κ1) is 10.1. The molecule has 0 saturated heterocycles. The summed E-state index contributed by atoms with van der Waals surface area (Å²) < 4.78 is 20.3. The maximum Gasteiger partial charge on any atom is 0.234 e. The molecule has 0 aliphatic heterocycles. The fourth-order valence-corrected chi connectivity index (χ4v) is 0.948. The standard InChI is InChI=1S/C6H15NO2S/c1-3-4-5-6-7(2)10(8)9/h3-6H2,1-2H3,(H,8,9). The van der Waals surface area contributed by atoms with E-state index in [0.717, 1.165) is 19.3 Å². The van der Waals surface area contributed by atoms with Crippen LogP contribution in [0.15, 0.2) is 0 Å². The smallest absolute Gasteiger partial charge is 0.234 e. The maximum absolute atomic E-state index is 10.3. The van der Waals surface area contributed by atoms with Crippen molar-refractivity contribution in [1.29, 1.82) is 0 Å². The van der Waals surface area contributed by atoms with E-state index in [4.69, 9.17) is 4.55 Å². The maximum atomic E-state index is 10.3. The summed E-state index contributed by atoms with van der Waals surface area (Å²) in [7, 11) is 1.64. The molecule has 0 aromatic rings. The fourth-order valence-electron chi connectivity index (χ4n) is 0.663. The molecular weight excluding hydrogens is 150 g/mol. The summed E-state index contributed by atoms with van der Waals surface area (Å²) in [6.07, 6.45) is 3.27. The van der Waals surface area contributed by atoms with Crippen molar-refractivity contribution in [3.05, 3.63) is 0 Å². The number of hydrogen-bond donors (Lipinski definition) is 1. The van der Waals surface area contributed by atoms with Gasteiger partial charge in [0.15, 0.2) is 0 Å². The van der Waals surface area contributed by atoms with Crippen molar-refractivity contribution in [2.75, 3.05) is 13.6 Å². The Labute approximate surface area is 64.8 Å². The summed E-state index contributed by atoms with van der Waals surface area (Å²) in [6.45, 7) is 2.81. The third-order valence-electron chi connectivity index (χ3n) is 1.34. The van der Waals surface area contributed by atoms with E-state index in [9.17, 15) is 4.21 Å². The molecular formula is C6H15NO2S. The molecule has 62 valence electrons. The van der Waals surface area contributed by atoms with Gasteiger partial charge < -0.3 is 0 Å². The van der Waals surface area contributed by atoms with E-state index in [1.54, 1.807) is 7.05 Å². The Bertz CT molecular complexity index is 108. The first-order valence-electron chi connectivity index (χ1n) is 3.50. The lowest BCUT2D eigenvalue weighted by molar-refractivity contribution is 0.436. The summed E-state index contributed by atoms with van der Waals surface area (Å²) >= 11 is -1.78. The van der Waals surface area contributed by atoms with Crippen LogP contribution in [0.4, 0.5) is 0 Å². The summed E-state index contributed by atoms with van der Waals surface area (Å²) in [5.41, 5.74) is 0. The summed E-state index contributed by atoms with van der Waals surface area (Å²) in [5, 5.41) is 0. The first-order valence-corrected chi connectivity index (χ1v) is 4.57. The van der Waals surface area contributed by atoms with E-state index >= 15 is 0 Å². The van der Waals surface area contributed by atoms with Crippen molar-refractivity contribution in [3.8, 4) is 0 Å². The normalized spacial score (nSPS) is 14.0. The van der Waals surface area contributed by atoms with Crippen LogP contribution in [0, 0.1) is 0 Å². The van der Waals surface area contributed by atoms with Crippen LogP contribution < -0.4 is 0 Å². The number of unbranched alkanes of at least 4 members (excludes halogenated alkanes) is 2. The van der Waals surface area contributed by atoms with Crippen LogP contribution in [0.3, 0.4) is 0 Å². The van der Waals surface area contributed by atoms with Gasteiger partial charge in [-0.3, -0.25) is 4.55 Å². The van der Waals surface area contributed by atoms with Crippen molar-refractivity contribution < 1.29 is 8.76 Å². The van der Waals surface area contributed by atoms with Crippen LogP contribution in [0.25, 0.3) is 0 Å². The van der Waals surface area contributed by atoms with Gasteiger partial charge in [-0.15, -0.1) is 0 Å². The lowest BCUT2D eigenvalue weighted by Gasteiger charge is -2.09. The van der Waals surface area contributed by atoms with Gasteiger partial charge in [0.2, 0.25) is 11.3 Å². The molecule has 10 heavy (non-hydrogen) atoms. The van der Waals surface area contributed by atoms with Gasteiger partial charge in [-0.2, -0.15) is 0 Å². The van der Waals surface area contributed by atoms with Gasteiger partial charge in [-0.1, -0.05) is 19.8 Å². The molecule has 1 atom stereocenters. The average Bonchev–Trinajstić information content (AvgIpc) is 1.88. The number of rotatable bonds is 5. The van der Waals surface area contributed by atoms with Gasteiger partial charge in [-0.05, 0) is 6.42 Å². The Morgan fingerprint density at radius 3 is 2.50 bits per heavy atom. The van der Waals surface area contributed by atoms with Gasteiger partial charge in [0.05, 0.1) is 0 Å². The van der Waals surface area contributed by atoms with E-state index < -0.39 is 11.3 Å². The number of nitrogens with zero attached hydrogens (tertiary/aromatic N) is 1. The van der Waals surface area contributed by atoms with Gasteiger partial charge in [-0.25, -0.2) is 8.51 Å². The van der Waals surface area contributed by atoms with Crippen LogP contribution in [0.2, 0.25) is 0 Å². The van der Waals surface area contributed by atoms with Gasteiger partial charge in [0, 0.05) is 13.6 Å². The Morgan fingerprint density at radius 2 is 2.10 bits per heavy atom. The minimum atomic E-state index is -1.78. The van der Waals surface area contributed by atoms with Crippen LogP contribution in [0.1, 0.15) is 26.2 Å². The predicted molar refractivity (Wildman–Crippen MR) is 42.9 cm³/mol. The number of hydrogen-bond acceptors (Lipinski definition) is 1. The largest absolute Gasteiger partial charge is 0.294 e. The molecule has 0 bridgehead atoms. The zero-order chi connectivity index (χ0) is 7.98. The van der Waals surface area contributed by atoms with Gasteiger partial charge in [0.25, 0.3) is 0 Å². The van der Waals surface area contributed by atoms with Crippen molar-refractivity contribution in [3.63, 3.8) is 0 Å². The third kappa shape index (κ3) is 4.90. The lowest BCUT2D eigenvalue weighted by Crippen LogP contribution is -2.21. The van der Waals surface area contributed by atoms with E-state index in [1.807, 2.05) is 0 Å². The first-order chi connectivity index (χ1) is 4.68. The molecule has 0 amide bonds. The van der Waals surface area contributed by atoms with Crippen LogP contribution in [-0.4, -0.2) is 26.7 Å². The molecule has 3 nitrogen and oxygen atoms in total. The molecule has 0 fully saturated rings. The predicted octanol–water partition coefficient (Wildman–Crippen LogP) is 1.25. The van der Waals surface area contributed by atoms with Crippen LogP contribution >= 0.6 is 0 Å². The van der Waals surface area contributed by atoms with Crippen molar-refractivity contribution in [2.24, 2.45) is 0 Å². The molecule has 0 heterocycles. The highest BCUT2D eigenvalue weighted by Crippen LogP contribution is 1.96. The minimum Gasteiger partial charge on any atom is -0.294 e. The fraction of sp³-hybridized carbons (Fsp3) is 1.00. The Morgan fingerprint density at radius 1 is 1.50 bits per heavy atom. The quantitative estimate of drug-likeness (QED) is 0.492. The van der Waals surface area contributed by atoms with E-state index in [1.165, 1.54) is 4.31 Å². The monoisotopic (exact) mass is 165 g/mol. The molecule has 0 rings (SSSR count). The Kier molecular flexibility index (Phi) is 5.87. The highest BCUT2D eigenvalue weighted by atomic mass is 32.2. The molecule has 0 aliphatic rings. The molecule has 1 N–H and O–H groups in total.